The van der Waals surface area contributed by atoms with Gasteiger partial charge in [-0.1, -0.05) is 30.3 Å². The molecule has 0 saturated heterocycles. The summed E-state index contributed by atoms with van der Waals surface area (Å²) in [6, 6.07) is 17.9. The van der Waals surface area contributed by atoms with E-state index in [-0.39, 0.29) is 0 Å². The molecule has 0 unspecified atom stereocenters. The van der Waals surface area contributed by atoms with Crippen LogP contribution in [0.3, 0.4) is 0 Å². The molecular weight excluding hydrogens is 222 g/mol. The van der Waals surface area contributed by atoms with E-state index in [1.165, 1.54) is 0 Å². The number of nitrogens with one attached hydrogen (secondary N) is 1. The fourth-order valence-corrected chi connectivity index (χ4v) is 1.87. The molecule has 3 aromatic rings. The summed E-state index contributed by atoms with van der Waals surface area (Å²) in [4.78, 5) is 12.3. The molecule has 0 aliphatic rings. The maximum absolute atomic E-state index is 4.55. The number of aromatic nitrogens is 2. The van der Waals surface area contributed by atoms with Gasteiger partial charge in [0.15, 0.2) is 5.82 Å². The number of hydrogen-bond donors (Lipinski definition) is 1. The first kappa shape index (κ1) is 10.7. The van der Waals surface area contributed by atoms with E-state index in [0.29, 0.717) is 0 Å². The van der Waals surface area contributed by atoms with Crippen LogP contribution in [-0.2, 0) is 0 Å². The summed E-state index contributed by atoms with van der Waals surface area (Å²) in [6.45, 7) is 1.96. The van der Waals surface area contributed by atoms with Gasteiger partial charge in [-0.05, 0) is 31.2 Å². The Bertz CT molecular complexity index is 663. The highest BCUT2D eigenvalue weighted by atomic mass is 14.9. The molecule has 0 fully saturated rings. The molecule has 0 amide bonds. The second-order valence-corrected chi connectivity index (χ2v) is 4.14. The van der Waals surface area contributed by atoms with Gasteiger partial charge in [-0.3, -0.25) is 0 Å². The van der Waals surface area contributed by atoms with Crippen molar-refractivity contribution in [2.75, 3.05) is 0 Å². The minimum atomic E-state index is 0.819. The lowest BCUT2D eigenvalue weighted by atomic mass is 10.3. The minimum Gasteiger partial charge on any atom is -0.337 e. The first-order chi connectivity index (χ1) is 8.83. The van der Waals surface area contributed by atoms with Gasteiger partial charge in [0, 0.05) is 0 Å². The smallest absolute Gasteiger partial charge is 0.152 e. The van der Waals surface area contributed by atoms with Crippen LogP contribution in [0.25, 0.3) is 11.0 Å². The lowest BCUT2D eigenvalue weighted by molar-refractivity contribution is 1.27. The molecule has 0 radical (unpaired) electrons. The van der Waals surface area contributed by atoms with E-state index in [1.54, 1.807) is 0 Å². The van der Waals surface area contributed by atoms with Crippen molar-refractivity contribution in [2.45, 2.75) is 6.92 Å². The number of aliphatic imine (C=N–C) groups is 1. The SMILES string of the molecule is CC(=Nc1ccccc1)c1nc2ccccc2[nH]1. The molecule has 1 heterocycles. The van der Waals surface area contributed by atoms with Crippen molar-refractivity contribution in [3.63, 3.8) is 0 Å². The molecule has 1 N–H and O–H groups in total. The Morgan fingerprint density at radius 3 is 2.50 bits per heavy atom. The van der Waals surface area contributed by atoms with E-state index >= 15 is 0 Å². The highest BCUT2D eigenvalue weighted by Gasteiger charge is 2.04. The van der Waals surface area contributed by atoms with Crippen molar-refractivity contribution in [3.8, 4) is 0 Å². The maximum Gasteiger partial charge on any atom is 0.152 e. The molecule has 0 bridgehead atoms. The zero-order valence-electron chi connectivity index (χ0n) is 10.1. The number of rotatable bonds is 2. The number of benzene rings is 2. The van der Waals surface area contributed by atoms with Crippen LogP contribution < -0.4 is 0 Å². The Labute approximate surface area is 105 Å². The molecule has 18 heavy (non-hydrogen) atoms. The predicted octanol–water partition coefficient (Wildman–Crippen LogP) is 3.70. The third-order valence-electron chi connectivity index (χ3n) is 2.79. The van der Waals surface area contributed by atoms with E-state index in [9.17, 15) is 0 Å². The number of hydrogen-bond acceptors (Lipinski definition) is 2. The summed E-state index contributed by atoms with van der Waals surface area (Å²) in [5, 5.41) is 0. The molecular formula is C15H13N3. The fraction of sp³-hybridized carbons (Fsp3) is 0.0667. The van der Waals surface area contributed by atoms with Crippen molar-refractivity contribution >= 4 is 22.4 Å². The lowest BCUT2D eigenvalue weighted by Gasteiger charge is -1.96. The summed E-state index contributed by atoms with van der Waals surface area (Å²) in [5.74, 6) is 0.819. The molecule has 88 valence electrons. The molecule has 3 rings (SSSR count). The molecule has 0 aliphatic heterocycles. The summed E-state index contributed by atoms with van der Waals surface area (Å²) in [5.41, 5.74) is 3.83. The normalized spacial score (nSPS) is 11.9. The van der Waals surface area contributed by atoms with Crippen molar-refractivity contribution in [3.05, 3.63) is 60.4 Å². The van der Waals surface area contributed by atoms with Crippen LogP contribution in [0.15, 0.2) is 59.6 Å². The largest absolute Gasteiger partial charge is 0.337 e. The summed E-state index contributed by atoms with van der Waals surface area (Å²) >= 11 is 0. The number of nitrogens with zero attached hydrogens (tertiary/aromatic N) is 2. The maximum atomic E-state index is 4.55. The third kappa shape index (κ3) is 2.02. The van der Waals surface area contributed by atoms with E-state index in [0.717, 1.165) is 28.3 Å². The Morgan fingerprint density at radius 2 is 1.72 bits per heavy atom. The molecule has 0 atom stereocenters. The highest BCUT2D eigenvalue weighted by molar-refractivity contribution is 5.99. The van der Waals surface area contributed by atoms with Crippen LogP contribution in [-0.4, -0.2) is 15.7 Å². The molecule has 0 aliphatic carbocycles. The zero-order valence-corrected chi connectivity index (χ0v) is 10.1. The van der Waals surface area contributed by atoms with Gasteiger partial charge in [0.2, 0.25) is 0 Å². The van der Waals surface area contributed by atoms with Crippen LogP contribution in [0.5, 0.6) is 0 Å². The van der Waals surface area contributed by atoms with Crippen molar-refractivity contribution in [1.29, 1.82) is 0 Å². The van der Waals surface area contributed by atoms with Crippen LogP contribution >= 0.6 is 0 Å². The molecule has 0 saturated carbocycles. The van der Waals surface area contributed by atoms with Gasteiger partial charge in [-0.2, -0.15) is 0 Å². The van der Waals surface area contributed by atoms with Gasteiger partial charge >= 0.3 is 0 Å². The van der Waals surface area contributed by atoms with Gasteiger partial charge < -0.3 is 4.98 Å². The molecule has 0 spiro atoms. The number of H-pyrrole nitrogens is 1. The first-order valence-corrected chi connectivity index (χ1v) is 5.88. The number of fused-ring (bicyclic) bond motifs is 1. The topological polar surface area (TPSA) is 41.0 Å². The first-order valence-electron chi connectivity index (χ1n) is 5.88. The summed E-state index contributed by atoms with van der Waals surface area (Å²) < 4.78 is 0. The van der Waals surface area contributed by atoms with E-state index in [4.69, 9.17) is 0 Å². The minimum absolute atomic E-state index is 0.819. The lowest BCUT2D eigenvalue weighted by Crippen LogP contribution is -1.96. The monoisotopic (exact) mass is 235 g/mol. The second kappa shape index (κ2) is 4.45. The van der Waals surface area contributed by atoms with Crippen LogP contribution in [0, 0.1) is 0 Å². The van der Waals surface area contributed by atoms with Crippen LogP contribution in [0.1, 0.15) is 12.7 Å². The van der Waals surface area contributed by atoms with Gasteiger partial charge in [0.05, 0.1) is 22.4 Å². The Kier molecular flexibility index (Phi) is 2.65. The highest BCUT2D eigenvalue weighted by Crippen LogP contribution is 2.14. The van der Waals surface area contributed by atoms with E-state index < -0.39 is 0 Å². The fourth-order valence-electron chi connectivity index (χ4n) is 1.87. The standard InChI is InChI=1S/C15H13N3/c1-11(16-12-7-3-2-4-8-12)15-17-13-9-5-6-10-14(13)18-15/h2-10H,1H3,(H,17,18). The Balaban J connectivity index is 2.01. The Hall–Kier alpha value is -2.42. The zero-order chi connectivity index (χ0) is 12.4. The molecule has 3 heteroatoms. The van der Waals surface area contributed by atoms with Gasteiger partial charge in [-0.15, -0.1) is 0 Å². The summed E-state index contributed by atoms with van der Waals surface area (Å²) in [7, 11) is 0. The number of imidazole rings is 1. The average Bonchev–Trinajstić information content (AvgIpc) is 2.84. The summed E-state index contributed by atoms with van der Waals surface area (Å²) in [6.07, 6.45) is 0. The second-order valence-electron chi connectivity index (χ2n) is 4.14. The molecule has 2 aromatic carbocycles. The van der Waals surface area contributed by atoms with Crippen LogP contribution in [0.4, 0.5) is 5.69 Å². The Morgan fingerprint density at radius 1 is 1.00 bits per heavy atom. The molecule has 3 nitrogen and oxygen atoms in total. The number of para-hydroxylation sites is 3. The quantitative estimate of drug-likeness (QED) is 0.676. The molecule has 1 aromatic heterocycles. The van der Waals surface area contributed by atoms with Gasteiger partial charge in [0.1, 0.15) is 0 Å². The van der Waals surface area contributed by atoms with Gasteiger partial charge in [0.25, 0.3) is 0 Å². The van der Waals surface area contributed by atoms with Crippen molar-refractivity contribution < 1.29 is 0 Å². The van der Waals surface area contributed by atoms with E-state index in [1.807, 2.05) is 61.5 Å². The van der Waals surface area contributed by atoms with Crippen molar-refractivity contribution in [1.82, 2.24) is 9.97 Å². The van der Waals surface area contributed by atoms with Gasteiger partial charge in [-0.25, -0.2) is 9.98 Å². The predicted molar refractivity (Wildman–Crippen MR) is 74.4 cm³/mol. The average molecular weight is 235 g/mol. The van der Waals surface area contributed by atoms with Crippen molar-refractivity contribution in [2.24, 2.45) is 4.99 Å². The third-order valence-corrected chi connectivity index (χ3v) is 2.79. The number of aromatic amines is 1. The van der Waals surface area contributed by atoms with Crippen LogP contribution in [0.2, 0.25) is 0 Å². The van der Waals surface area contributed by atoms with E-state index in [2.05, 4.69) is 15.0 Å².